The van der Waals surface area contributed by atoms with Crippen LogP contribution in [0, 0.1) is 0 Å². The van der Waals surface area contributed by atoms with Crippen molar-refractivity contribution in [2.75, 3.05) is 27.2 Å². The van der Waals surface area contributed by atoms with Gasteiger partial charge in [0.15, 0.2) is 0 Å². The SMILES string of the molecule is CC(NC(=O)CCC(=O)NCCN(C)C)C(=O)O. The Morgan fingerprint density at radius 1 is 1.17 bits per heavy atom. The lowest BCUT2D eigenvalue weighted by Gasteiger charge is -2.11. The summed E-state index contributed by atoms with van der Waals surface area (Å²) in [6.45, 7) is 2.63. The summed E-state index contributed by atoms with van der Waals surface area (Å²) >= 11 is 0. The van der Waals surface area contributed by atoms with Crippen molar-refractivity contribution in [1.29, 1.82) is 0 Å². The molecule has 0 aliphatic carbocycles. The third-order valence-electron chi connectivity index (χ3n) is 2.21. The molecule has 0 aromatic rings. The first-order chi connectivity index (χ1) is 8.32. The number of aliphatic carboxylic acids is 1. The maximum atomic E-state index is 11.3. The van der Waals surface area contributed by atoms with Gasteiger partial charge in [-0.1, -0.05) is 0 Å². The molecule has 0 aromatic heterocycles. The summed E-state index contributed by atoms with van der Waals surface area (Å²) in [5.41, 5.74) is 0. The van der Waals surface area contributed by atoms with Crippen molar-refractivity contribution < 1.29 is 19.5 Å². The van der Waals surface area contributed by atoms with Gasteiger partial charge in [-0.25, -0.2) is 0 Å². The van der Waals surface area contributed by atoms with Gasteiger partial charge in [-0.3, -0.25) is 14.4 Å². The Balaban J connectivity index is 3.72. The van der Waals surface area contributed by atoms with E-state index < -0.39 is 17.9 Å². The largest absolute Gasteiger partial charge is 0.480 e. The quantitative estimate of drug-likeness (QED) is 0.521. The van der Waals surface area contributed by atoms with E-state index >= 15 is 0 Å². The van der Waals surface area contributed by atoms with Crippen LogP contribution in [-0.2, 0) is 14.4 Å². The molecule has 0 radical (unpaired) electrons. The van der Waals surface area contributed by atoms with E-state index in [-0.39, 0.29) is 18.7 Å². The van der Waals surface area contributed by atoms with E-state index in [0.29, 0.717) is 6.54 Å². The van der Waals surface area contributed by atoms with Crippen LogP contribution in [0.15, 0.2) is 0 Å². The fraction of sp³-hybridized carbons (Fsp3) is 0.727. The highest BCUT2D eigenvalue weighted by molar-refractivity contribution is 5.86. The van der Waals surface area contributed by atoms with Crippen molar-refractivity contribution in [3.63, 3.8) is 0 Å². The zero-order valence-electron chi connectivity index (χ0n) is 11.0. The Labute approximate surface area is 107 Å². The van der Waals surface area contributed by atoms with Crippen molar-refractivity contribution in [1.82, 2.24) is 15.5 Å². The first-order valence-electron chi connectivity index (χ1n) is 5.76. The van der Waals surface area contributed by atoms with E-state index in [9.17, 15) is 14.4 Å². The van der Waals surface area contributed by atoms with Gasteiger partial charge in [-0.05, 0) is 21.0 Å². The number of nitrogens with one attached hydrogen (secondary N) is 2. The lowest BCUT2D eigenvalue weighted by atomic mass is 10.2. The van der Waals surface area contributed by atoms with Crippen LogP contribution in [0.5, 0.6) is 0 Å². The summed E-state index contributed by atoms with van der Waals surface area (Å²) in [6.07, 6.45) is 0.0526. The summed E-state index contributed by atoms with van der Waals surface area (Å²) in [5.74, 6) is -1.75. The van der Waals surface area contributed by atoms with Gasteiger partial charge in [0.2, 0.25) is 11.8 Å². The molecule has 0 aromatic carbocycles. The minimum atomic E-state index is -1.10. The normalized spacial score (nSPS) is 12.0. The Kier molecular flexibility index (Phi) is 7.69. The lowest BCUT2D eigenvalue weighted by molar-refractivity contribution is -0.141. The van der Waals surface area contributed by atoms with Crippen LogP contribution < -0.4 is 10.6 Å². The van der Waals surface area contributed by atoms with Crippen LogP contribution in [0.4, 0.5) is 0 Å². The molecule has 3 N–H and O–H groups in total. The molecule has 0 aliphatic heterocycles. The van der Waals surface area contributed by atoms with Crippen molar-refractivity contribution in [3.8, 4) is 0 Å². The van der Waals surface area contributed by atoms with Crippen molar-refractivity contribution >= 4 is 17.8 Å². The highest BCUT2D eigenvalue weighted by Crippen LogP contribution is 1.91. The minimum absolute atomic E-state index is 0.00851. The van der Waals surface area contributed by atoms with Crippen LogP contribution >= 0.6 is 0 Å². The molecule has 7 nitrogen and oxygen atoms in total. The van der Waals surface area contributed by atoms with E-state index in [1.54, 1.807) is 0 Å². The summed E-state index contributed by atoms with van der Waals surface area (Å²) in [6, 6.07) is -0.936. The predicted molar refractivity (Wildman–Crippen MR) is 66.0 cm³/mol. The summed E-state index contributed by atoms with van der Waals surface area (Å²) < 4.78 is 0. The van der Waals surface area contributed by atoms with E-state index in [2.05, 4.69) is 10.6 Å². The number of carboxylic acids is 1. The third kappa shape index (κ3) is 8.51. The van der Waals surface area contributed by atoms with Crippen LogP contribution in [0.3, 0.4) is 0 Å². The van der Waals surface area contributed by atoms with E-state index in [1.165, 1.54) is 6.92 Å². The van der Waals surface area contributed by atoms with Gasteiger partial charge >= 0.3 is 5.97 Å². The average Bonchev–Trinajstić information content (AvgIpc) is 2.25. The van der Waals surface area contributed by atoms with Gasteiger partial charge in [-0.15, -0.1) is 0 Å². The molecular formula is C11H21N3O4. The summed E-state index contributed by atoms with van der Waals surface area (Å²) in [5, 5.41) is 13.5. The van der Waals surface area contributed by atoms with E-state index in [1.807, 2.05) is 19.0 Å². The molecule has 0 rings (SSSR count). The third-order valence-corrected chi connectivity index (χ3v) is 2.21. The molecule has 0 bridgehead atoms. The Hall–Kier alpha value is -1.63. The molecule has 0 saturated heterocycles. The first kappa shape index (κ1) is 16.4. The second kappa shape index (κ2) is 8.46. The minimum Gasteiger partial charge on any atom is -0.480 e. The molecule has 0 saturated carbocycles. The molecule has 0 heterocycles. The predicted octanol–water partition coefficient (Wildman–Crippen LogP) is -0.966. The topological polar surface area (TPSA) is 98.7 Å². The molecule has 2 amide bonds. The number of nitrogens with zero attached hydrogens (tertiary/aromatic N) is 1. The molecule has 18 heavy (non-hydrogen) atoms. The average molecular weight is 259 g/mol. The fourth-order valence-electron chi connectivity index (χ4n) is 1.11. The maximum absolute atomic E-state index is 11.3. The zero-order chi connectivity index (χ0) is 14.1. The second-order valence-electron chi connectivity index (χ2n) is 4.28. The number of carboxylic acid groups (broad SMARTS) is 1. The standard InChI is InChI=1S/C11H21N3O4/c1-8(11(17)18)13-10(16)5-4-9(15)12-6-7-14(2)3/h8H,4-7H2,1-3H3,(H,12,15)(H,13,16)(H,17,18). The van der Waals surface area contributed by atoms with Crippen molar-refractivity contribution in [2.45, 2.75) is 25.8 Å². The number of amides is 2. The van der Waals surface area contributed by atoms with Crippen molar-refractivity contribution in [2.24, 2.45) is 0 Å². The Morgan fingerprint density at radius 2 is 1.72 bits per heavy atom. The summed E-state index contributed by atoms with van der Waals surface area (Å²) in [4.78, 5) is 35.0. The van der Waals surface area contributed by atoms with Crippen LogP contribution in [0.25, 0.3) is 0 Å². The summed E-state index contributed by atoms with van der Waals surface area (Å²) in [7, 11) is 3.79. The lowest BCUT2D eigenvalue weighted by Crippen LogP contribution is -2.39. The van der Waals surface area contributed by atoms with Crippen LogP contribution in [0.2, 0.25) is 0 Å². The number of likely N-dealkylation sites (N-methyl/N-ethyl adjacent to an activating group) is 1. The smallest absolute Gasteiger partial charge is 0.325 e. The second-order valence-corrected chi connectivity index (χ2v) is 4.28. The van der Waals surface area contributed by atoms with E-state index in [0.717, 1.165) is 6.54 Å². The van der Waals surface area contributed by atoms with Crippen LogP contribution in [-0.4, -0.2) is 61.0 Å². The first-order valence-corrected chi connectivity index (χ1v) is 5.76. The van der Waals surface area contributed by atoms with Gasteiger partial charge in [0.1, 0.15) is 6.04 Å². The number of rotatable bonds is 8. The molecule has 0 aliphatic rings. The maximum Gasteiger partial charge on any atom is 0.325 e. The fourth-order valence-corrected chi connectivity index (χ4v) is 1.11. The van der Waals surface area contributed by atoms with Crippen LogP contribution in [0.1, 0.15) is 19.8 Å². The number of hydrogen-bond donors (Lipinski definition) is 3. The Bertz CT molecular complexity index is 305. The van der Waals surface area contributed by atoms with Gasteiger partial charge < -0.3 is 20.6 Å². The van der Waals surface area contributed by atoms with Gasteiger partial charge in [0.05, 0.1) is 0 Å². The number of carbonyl (C=O) groups is 3. The zero-order valence-corrected chi connectivity index (χ0v) is 11.0. The monoisotopic (exact) mass is 259 g/mol. The van der Waals surface area contributed by atoms with Gasteiger partial charge in [0, 0.05) is 25.9 Å². The molecule has 0 fully saturated rings. The Morgan fingerprint density at radius 3 is 2.22 bits per heavy atom. The van der Waals surface area contributed by atoms with Gasteiger partial charge in [-0.2, -0.15) is 0 Å². The number of hydrogen-bond acceptors (Lipinski definition) is 4. The molecule has 1 unspecified atom stereocenters. The molecule has 7 heteroatoms. The molecular weight excluding hydrogens is 238 g/mol. The highest BCUT2D eigenvalue weighted by atomic mass is 16.4. The molecule has 104 valence electrons. The van der Waals surface area contributed by atoms with Crippen molar-refractivity contribution in [3.05, 3.63) is 0 Å². The van der Waals surface area contributed by atoms with Gasteiger partial charge in [0.25, 0.3) is 0 Å². The highest BCUT2D eigenvalue weighted by Gasteiger charge is 2.14. The molecule has 0 spiro atoms. The molecule has 1 atom stereocenters. The van der Waals surface area contributed by atoms with E-state index in [4.69, 9.17) is 5.11 Å². The number of carbonyl (C=O) groups excluding carboxylic acids is 2.